The van der Waals surface area contributed by atoms with Gasteiger partial charge in [-0.25, -0.2) is 9.78 Å². The van der Waals surface area contributed by atoms with E-state index in [9.17, 15) is 4.79 Å². The van der Waals surface area contributed by atoms with E-state index in [4.69, 9.17) is 9.52 Å². The summed E-state index contributed by atoms with van der Waals surface area (Å²) in [5, 5.41) is 9.42. The Balaban J connectivity index is 2.69. The van der Waals surface area contributed by atoms with Crippen LogP contribution in [0.3, 0.4) is 0 Å². The van der Waals surface area contributed by atoms with Crippen LogP contribution in [0.25, 0.3) is 11.1 Å². The van der Waals surface area contributed by atoms with E-state index in [2.05, 4.69) is 9.97 Å². The fraction of sp³-hybridized carbons (Fsp3) is 0.300. The van der Waals surface area contributed by atoms with Crippen molar-refractivity contribution in [2.75, 3.05) is 0 Å². The Labute approximate surface area is 85.8 Å². The highest BCUT2D eigenvalue weighted by molar-refractivity contribution is 5.90. The van der Waals surface area contributed by atoms with Gasteiger partial charge >= 0.3 is 5.97 Å². The number of aromatic nitrogens is 2. The van der Waals surface area contributed by atoms with Crippen molar-refractivity contribution in [3.63, 3.8) is 0 Å². The third kappa shape index (κ3) is 1.56. The fourth-order valence-electron chi connectivity index (χ4n) is 1.38. The molecule has 0 aromatic carbocycles. The number of carboxylic acid groups (broad SMARTS) is 1. The molecule has 0 radical (unpaired) electrons. The molecule has 0 amide bonds. The Morgan fingerprint density at radius 3 is 2.87 bits per heavy atom. The minimum absolute atomic E-state index is 0.101. The molecule has 5 heteroatoms. The zero-order valence-electron chi connectivity index (χ0n) is 8.44. The van der Waals surface area contributed by atoms with Gasteiger partial charge in [-0.3, -0.25) is 0 Å². The van der Waals surface area contributed by atoms with Crippen molar-refractivity contribution in [3.05, 3.63) is 23.3 Å². The highest BCUT2D eigenvalue weighted by Crippen LogP contribution is 2.20. The van der Waals surface area contributed by atoms with Crippen LogP contribution in [0.15, 0.2) is 10.5 Å². The molecule has 0 aliphatic rings. The number of nitrogens with zero attached hydrogens (tertiary/aromatic N) is 2. The Morgan fingerprint density at radius 1 is 1.53 bits per heavy atom. The van der Waals surface area contributed by atoms with E-state index in [0.29, 0.717) is 23.3 Å². The number of aromatic carboxylic acids is 1. The van der Waals surface area contributed by atoms with Gasteiger partial charge in [0.2, 0.25) is 11.5 Å². The normalized spacial score (nSPS) is 10.8. The molecule has 0 bridgehead atoms. The molecule has 0 unspecified atom stereocenters. The number of carboxylic acids is 1. The number of carbonyl (C=O) groups is 1. The first-order chi connectivity index (χ1) is 7.11. The van der Waals surface area contributed by atoms with Crippen LogP contribution in [-0.2, 0) is 6.42 Å². The summed E-state index contributed by atoms with van der Waals surface area (Å²) in [5.74, 6) is -0.535. The lowest BCUT2D eigenvalue weighted by Crippen LogP contribution is -1.94. The van der Waals surface area contributed by atoms with Crippen molar-refractivity contribution in [2.24, 2.45) is 0 Å². The molecule has 2 aromatic rings. The third-order valence-corrected chi connectivity index (χ3v) is 2.16. The minimum atomic E-state index is -1.09. The Morgan fingerprint density at radius 2 is 2.27 bits per heavy atom. The predicted octanol–water partition coefficient (Wildman–Crippen LogP) is 1.79. The summed E-state index contributed by atoms with van der Waals surface area (Å²) in [6.07, 6.45) is 0.694. The minimum Gasteiger partial charge on any atom is -0.475 e. The van der Waals surface area contributed by atoms with Crippen molar-refractivity contribution in [2.45, 2.75) is 20.3 Å². The van der Waals surface area contributed by atoms with E-state index in [1.807, 2.05) is 13.8 Å². The van der Waals surface area contributed by atoms with Crippen molar-refractivity contribution >= 4 is 17.1 Å². The van der Waals surface area contributed by atoms with Crippen LogP contribution in [0.1, 0.15) is 29.0 Å². The van der Waals surface area contributed by atoms with Crippen LogP contribution >= 0.6 is 0 Å². The van der Waals surface area contributed by atoms with Crippen molar-refractivity contribution in [3.8, 4) is 0 Å². The van der Waals surface area contributed by atoms with E-state index >= 15 is 0 Å². The first kappa shape index (κ1) is 9.64. The monoisotopic (exact) mass is 206 g/mol. The first-order valence-electron chi connectivity index (χ1n) is 4.62. The highest BCUT2D eigenvalue weighted by Gasteiger charge is 2.14. The average Bonchev–Trinajstić information content (AvgIpc) is 2.61. The third-order valence-electron chi connectivity index (χ3n) is 2.16. The first-order valence-corrected chi connectivity index (χ1v) is 4.62. The van der Waals surface area contributed by atoms with Gasteiger partial charge in [0.25, 0.3) is 0 Å². The van der Waals surface area contributed by atoms with E-state index in [1.165, 1.54) is 6.07 Å². The summed E-state index contributed by atoms with van der Waals surface area (Å²) in [5.41, 5.74) is 1.09. The molecule has 1 N–H and O–H groups in total. The van der Waals surface area contributed by atoms with Crippen LogP contribution in [0.2, 0.25) is 0 Å². The summed E-state index contributed by atoms with van der Waals surface area (Å²) < 4.78 is 5.10. The Kier molecular flexibility index (Phi) is 2.15. The number of furan rings is 1. The lowest BCUT2D eigenvalue weighted by Gasteiger charge is -1.97. The van der Waals surface area contributed by atoms with Gasteiger partial charge in [-0.2, -0.15) is 4.98 Å². The van der Waals surface area contributed by atoms with Crippen LogP contribution in [0, 0.1) is 6.92 Å². The molecule has 5 nitrogen and oxygen atoms in total. The SMILES string of the molecule is CCc1nc(C)c2cc(C(=O)O)oc2n1. The summed E-state index contributed by atoms with van der Waals surface area (Å²) in [6, 6.07) is 1.45. The molecule has 0 atom stereocenters. The van der Waals surface area contributed by atoms with Crippen molar-refractivity contribution < 1.29 is 14.3 Å². The molecule has 0 aliphatic carbocycles. The summed E-state index contributed by atoms with van der Waals surface area (Å²) in [4.78, 5) is 19.0. The Bertz CT molecular complexity index is 531. The fourth-order valence-corrected chi connectivity index (χ4v) is 1.38. The number of hydrogen-bond acceptors (Lipinski definition) is 4. The van der Waals surface area contributed by atoms with E-state index in [1.54, 1.807) is 0 Å². The topological polar surface area (TPSA) is 76.2 Å². The maximum absolute atomic E-state index is 10.7. The summed E-state index contributed by atoms with van der Waals surface area (Å²) in [7, 11) is 0. The molecule has 2 rings (SSSR count). The predicted molar refractivity (Wildman–Crippen MR) is 52.9 cm³/mol. The van der Waals surface area contributed by atoms with Crippen molar-refractivity contribution in [1.29, 1.82) is 0 Å². The number of aryl methyl sites for hydroxylation is 2. The van der Waals surface area contributed by atoms with Gasteiger partial charge in [0.1, 0.15) is 5.82 Å². The van der Waals surface area contributed by atoms with Crippen LogP contribution < -0.4 is 0 Å². The van der Waals surface area contributed by atoms with Crippen LogP contribution in [-0.4, -0.2) is 21.0 Å². The molecule has 0 fully saturated rings. The molecule has 0 saturated heterocycles. The van der Waals surface area contributed by atoms with Gasteiger partial charge < -0.3 is 9.52 Å². The summed E-state index contributed by atoms with van der Waals surface area (Å²) >= 11 is 0. The van der Waals surface area contributed by atoms with Crippen LogP contribution in [0.4, 0.5) is 0 Å². The molecule has 2 aromatic heterocycles. The standard InChI is InChI=1S/C10H10N2O3/c1-3-8-11-5(2)6-4-7(10(13)14)15-9(6)12-8/h4H,3H2,1-2H3,(H,13,14). The van der Waals surface area contributed by atoms with Gasteiger partial charge in [-0.05, 0) is 6.92 Å². The number of fused-ring (bicyclic) bond motifs is 1. The molecule has 0 saturated carbocycles. The second-order valence-electron chi connectivity index (χ2n) is 3.21. The zero-order chi connectivity index (χ0) is 11.0. The highest BCUT2D eigenvalue weighted by atomic mass is 16.4. The van der Waals surface area contributed by atoms with Crippen molar-refractivity contribution in [1.82, 2.24) is 9.97 Å². The molecular formula is C10H10N2O3. The maximum atomic E-state index is 10.7. The summed E-state index contributed by atoms with van der Waals surface area (Å²) in [6.45, 7) is 3.74. The lowest BCUT2D eigenvalue weighted by atomic mass is 10.3. The van der Waals surface area contributed by atoms with Gasteiger partial charge in [0.15, 0.2) is 0 Å². The number of hydrogen-bond donors (Lipinski definition) is 1. The zero-order valence-corrected chi connectivity index (χ0v) is 8.44. The quantitative estimate of drug-likeness (QED) is 0.810. The lowest BCUT2D eigenvalue weighted by molar-refractivity contribution is 0.0664. The van der Waals surface area contributed by atoms with Crippen LogP contribution in [0.5, 0.6) is 0 Å². The molecule has 2 heterocycles. The van der Waals surface area contributed by atoms with Gasteiger partial charge in [0.05, 0.1) is 11.1 Å². The molecule has 15 heavy (non-hydrogen) atoms. The van der Waals surface area contributed by atoms with Gasteiger partial charge in [-0.15, -0.1) is 0 Å². The molecule has 0 aliphatic heterocycles. The molecular weight excluding hydrogens is 196 g/mol. The van der Waals surface area contributed by atoms with Gasteiger partial charge in [0, 0.05) is 12.5 Å². The molecule has 0 spiro atoms. The molecule has 78 valence electrons. The largest absolute Gasteiger partial charge is 0.475 e. The second kappa shape index (κ2) is 3.34. The van der Waals surface area contributed by atoms with E-state index in [0.717, 1.165) is 5.69 Å². The maximum Gasteiger partial charge on any atom is 0.371 e. The number of rotatable bonds is 2. The second-order valence-corrected chi connectivity index (χ2v) is 3.21. The average molecular weight is 206 g/mol. The van der Waals surface area contributed by atoms with E-state index < -0.39 is 5.97 Å². The van der Waals surface area contributed by atoms with Gasteiger partial charge in [-0.1, -0.05) is 6.92 Å². The van der Waals surface area contributed by atoms with E-state index in [-0.39, 0.29) is 5.76 Å². The Hall–Kier alpha value is -1.91. The smallest absolute Gasteiger partial charge is 0.371 e.